The SMILES string of the molecule is COc1ccc(C)cc1N(CC(=O)Nc1ccc(S(=O)(=O)Nc2cccc3ccccc23)cc1)S(=O)(=O)c1ccccc1. The van der Waals surface area contributed by atoms with Crippen LogP contribution in [0.2, 0.25) is 0 Å². The van der Waals surface area contributed by atoms with Gasteiger partial charge in [0.15, 0.2) is 0 Å². The van der Waals surface area contributed by atoms with Gasteiger partial charge in [-0.1, -0.05) is 60.7 Å². The number of methoxy groups -OCH3 is 1. The smallest absolute Gasteiger partial charge is 0.264 e. The lowest BCUT2D eigenvalue weighted by Gasteiger charge is -2.26. The zero-order valence-corrected chi connectivity index (χ0v) is 25.0. The summed E-state index contributed by atoms with van der Waals surface area (Å²) in [4.78, 5) is 13.2. The Kier molecular flexibility index (Phi) is 8.38. The van der Waals surface area contributed by atoms with E-state index in [0.29, 0.717) is 11.4 Å². The van der Waals surface area contributed by atoms with Gasteiger partial charge in [0.25, 0.3) is 20.0 Å². The van der Waals surface area contributed by atoms with Crippen molar-refractivity contribution in [1.82, 2.24) is 0 Å². The quantitative estimate of drug-likeness (QED) is 0.205. The van der Waals surface area contributed by atoms with E-state index in [1.807, 2.05) is 30.3 Å². The van der Waals surface area contributed by atoms with E-state index in [4.69, 9.17) is 4.74 Å². The molecule has 0 saturated heterocycles. The second-order valence-electron chi connectivity index (χ2n) is 9.70. The molecule has 0 radical (unpaired) electrons. The predicted molar refractivity (Wildman–Crippen MR) is 169 cm³/mol. The van der Waals surface area contributed by atoms with Gasteiger partial charge in [0, 0.05) is 11.1 Å². The average molecular weight is 616 g/mol. The summed E-state index contributed by atoms with van der Waals surface area (Å²) in [6, 6.07) is 31.3. The van der Waals surface area contributed by atoms with Crippen LogP contribution in [0.4, 0.5) is 17.1 Å². The molecule has 0 aromatic heterocycles. The number of aryl methyl sites for hydroxylation is 1. The molecule has 5 aromatic carbocycles. The molecule has 0 heterocycles. The first-order valence-electron chi connectivity index (χ1n) is 13.2. The molecule has 0 aliphatic heterocycles. The minimum absolute atomic E-state index is 0.00351. The number of carbonyl (C=O) groups is 1. The van der Waals surface area contributed by atoms with Gasteiger partial charge in [-0.2, -0.15) is 0 Å². The highest BCUT2D eigenvalue weighted by atomic mass is 32.2. The molecule has 220 valence electrons. The number of anilines is 3. The number of hydrogen-bond acceptors (Lipinski definition) is 6. The third-order valence-corrected chi connectivity index (χ3v) is 9.86. The zero-order chi connectivity index (χ0) is 30.6. The Balaban J connectivity index is 1.37. The van der Waals surface area contributed by atoms with E-state index in [9.17, 15) is 21.6 Å². The topological polar surface area (TPSA) is 122 Å². The van der Waals surface area contributed by atoms with Crippen molar-refractivity contribution in [3.05, 3.63) is 121 Å². The van der Waals surface area contributed by atoms with Gasteiger partial charge in [0.2, 0.25) is 5.91 Å². The van der Waals surface area contributed by atoms with Crippen LogP contribution in [-0.2, 0) is 24.8 Å². The minimum atomic E-state index is -4.16. The van der Waals surface area contributed by atoms with Crippen molar-refractivity contribution in [2.75, 3.05) is 28.0 Å². The molecule has 0 aliphatic rings. The Labute approximate surface area is 250 Å². The monoisotopic (exact) mass is 615 g/mol. The third-order valence-electron chi connectivity index (χ3n) is 6.70. The largest absolute Gasteiger partial charge is 0.495 e. The molecule has 0 aliphatic carbocycles. The molecule has 9 nitrogen and oxygen atoms in total. The van der Waals surface area contributed by atoms with Crippen molar-refractivity contribution in [1.29, 1.82) is 0 Å². The molecule has 1 amide bonds. The van der Waals surface area contributed by atoms with Gasteiger partial charge in [0.05, 0.1) is 28.3 Å². The van der Waals surface area contributed by atoms with Gasteiger partial charge in [-0.15, -0.1) is 0 Å². The summed E-state index contributed by atoms with van der Waals surface area (Å²) >= 11 is 0. The number of carbonyl (C=O) groups excluding carboxylic acids is 1. The van der Waals surface area contributed by atoms with Crippen LogP contribution in [0.5, 0.6) is 5.75 Å². The van der Waals surface area contributed by atoms with Gasteiger partial charge in [-0.25, -0.2) is 16.8 Å². The molecule has 0 fully saturated rings. The first kappa shape index (κ1) is 29.6. The fraction of sp³-hybridized carbons (Fsp3) is 0.0938. The molecule has 0 atom stereocenters. The Morgan fingerprint density at radius 2 is 1.44 bits per heavy atom. The standard InChI is InChI=1S/C32H29N3O6S2/c1-23-15-20-31(41-2)30(21-23)35(43(39,40)27-11-4-3-5-12-27)22-32(36)33-25-16-18-26(19-17-25)42(37,38)34-29-14-8-10-24-9-6-7-13-28(24)29/h3-21,34H,22H2,1-2H3,(H,33,36). The Morgan fingerprint density at radius 3 is 2.16 bits per heavy atom. The van der Waals surface area contributed by atoms with Crippen LogP contribution in [0.3, 0.4) is 0 Å². The third kappa shape index (κ3) is 6.47. The number of nitrogens with zero attached hydrogens (tertiary/aromatic N) is 1. The summed E-state index contributed by atoms with van der Waals surface area (Å²) < 4.78 is 62.7. The molecule has 2 N–H and O–H groups in total. The summed E-state index contributed by atoms with van der Waals surface area (Å²) in [6.45, 7) is 1.25. The average Bonchev–Trinajstić information content (AvgIpc) is 3.00. The maximum Gasteiger partial charge on any atom is 0.264 e. The summed E-state index contributed by atoms with van der Waals surface area (Å²) in [5.74, 6) is -0.348. The molecule has 43 heavy (non-hydrogen) atoms. The lowest BCUT2D eigenvalue weighted by atomic mass is 10.1. The van der Waals surface area contributed by atoms with E-state index < -0.39 is 32.5 Å². The molecule has 0 spiro atoms. The van der Waals surface area contributed by atoms with E-state index in [2.05, 4.69) is 10.0 Å². The second kappa shape index (κ2) is 12.2. The fourth-order valence-electron chi connectivity index (χ4n) is 4.58. The van der Waals surface area contributed by atoms with Gasteiger partial charge in [0.1, 0.15) is 12.3 Å². The van der Waals surface area contributed by atoms with Crippen molar-refractivity contribution < 1.29 is 26.4 Å². The molecule has 0 saturated carbocycles. The van der Waals surface area contributed by atoms with Crippen molar-refractivity contribution in [3.63, 3.8) is 0 Å². The van der Waals surface area contributed by atoms with E-state index in [0.717, 1.165) is 20.6 Å². The van der Waals surface area contributed by atoms with Crippen LogP contribution in [0, 0.1) is 6.92 Å². The van der Waals surface area contributed by atoms with Crippen LogP contribution >= 0.6 is 0 Å². The van der Waals surface area contributed by atoms with E-state index in [1.54, 1.807) is 55.5 Å². The molecular weight excluding hydrogens is 587 g/mol. The highest BCUT2D eigenvalue weighted by Gasteiger charge is 2.29. The molecule has 5 rings (SSSR count). The van der Waals surface area contributed by atoms with Crippen LogP contribution in [0.25, 0.3) is 10.8 Å². The first-order chi connectivity index (χ1) is 20.6. The van der Waals surface area contributed by atoms with Gasteiger partial charge >= 0.3 is 0 Å². The summed E-state index contributed by atoms with van der Waals surface area (Å²) in [5.41, 5.74) is 1.73. The molecule has 0 bridgehead atoms. The van der Waals surface area contributed by atoms with Crippen LogP contribution in [0.1, 0.15) is 5.56 Å². The van der Waals surface area contributed by atoms with Crippen molar-refractivity contribution >= 4 is 53.8 Å². The Hall–Kier alpha value is -4.87. The van der Waals surface area contributed by atoms with Gasteiger partial charge in [-0.05, 0) is 72.5 Å². The lowest BCUT2D eigenvalue weighted by Crippen LogP contribution is -2.38. The van der Waals surface area contributed by atoms with E-state index in [-0.39, 0.29) is 21.2 Å². The van der Waals surface area contributed by atoms with Crippen molar-refractivity contribution in [2.45, 2.75) is 16.7 Å². The summed E-state index contributed by atoms with van der Waals surface area (Å²) in [5, 5.41) is 4.33. The van der Waals surface area contributed by atoms with E-state index >= 15 is 0 Å². The number of hydrogen-bond donors (Lipinski definition) is 2. The summed E-state index contributed by atoms with van der Waals surface area (Å²) in [6.07, 6.45) is 0. The number of ether oxygens (including phenoxy) is 1. The molecular formula is C32H29N3O6S2. The van der Waals surface area contributed by atoms with Gasteiger partial charge in [-0.3, -0.25) is 13.8 Å². The Morgan fingerprint density at radius 1 is 0.767 bits per heavy atom. The number of benzene rings is 5. The number of nitrogens with one attached hydrogen (secondary N) is 2. The van der Waals surface area contributed by atoms with Crippen LogP contribution < -0.4 is 19.1 Å². The van der Waals surface area contributed by atoms with Crippen LogP contribution in [-0.4, -0.2) is 36.4 Å². The maximum absolute atomic E-state index is 13.7. The molecule has 0 unspecified atom stereocenters. The zero-order valence-electron chi connectivity index (χ0n) is 23.4. The van der Waals surface area contributed by atoms with Crippen molar-refractivity contribution in [2.24, 2.45) is 0 Å². The lowest BCUT2D eigenvalue weighted by molar-refractivity contribution is -0.114. The molecule has 5 aromatic rings. The normalized spacial score (nSPS) is 11.6. The number of sulfonamides is 2. The minimum Gasteiger partial charge on any atom is -0.495 e. The van der Waals surface area contributed by atoms with E-state index in [1.165, 1.54) is 43.5 Å². The molecule has 11 heteroatoms. The Bertz CT molecular complexity index is 1990. The predicted octanol–water partition coefficient (Wildman–Crippen LogP) is 5.79. The van der Waals surface area contributed by atoms with Gasteiger partial charge < -0.3 is 10.1 Å². The fourth-order valence-corrected chi connectivity index (χ4v) is 7.10. The number of rotatable bonds is 10. The first-order valence-corrected chi connectivity index (χ1v) is 16.1. The number of fused-ring (bicyclic) bond motifs is 1. The van der Waals surface area contributed by atoms with Crippen molar-refractivity contribution in [3.8, 4) is 5.75 Å². The van der Waals surface area contributed by atoms with Crippen LogP contribution in [0.15, 0.2) is 125 Å². The second-order valence-corrected chi connectivity index (χ2v) is 13.2. The highest BCUT2D eigenvalue weighted by Crippen LogP contribution is 2.33. The highest BCUT2D eigenvalue weighted by molar-refractivity contribution is 7.93. The summed E-state index contributed by atoms with van der Waals surface area (Å²) in [7, 11) is -6.67. The number of amides is 1. The maximum atomic E-state index is 13.7.